The van der Waals surface area contributed by atoms with Gasteiger partial charge >= 0.3 is 5.97 Å². The van der Waals surface area contributed by atoms with Crippen LogP contribution < -0.4 is 4.74 Å². The largest absolute Gasteiger partial charge is 0.497 e. The number of aryl methyl sites for hydroxylation is 2. The molecular formula is C25H31NO6S. The fraction of sp³-hybridized carbons (Fsp3) is 0.440. The molecule has 2 aromatic rings. The van der Waals surface area contributed by atoms with Gasteiger partial charge in [0.1, 0.15) is 5.75 Å². The highest BCUT2D eigenvalue weighted by Crippen LogP contribution is 2.31. The van der Waals surface area contributed by atoms with E-state index in [0.29, 0.717) is 29.1 Å². The number of methoxy groups -OCH3 is 1. The number of ketones is 1. The lowest BCUT2D eigenvalue weighted by Crippen LogP contribution is -2.41. The Hall–Kier alpha value is -2.71. The Morgan fingerprint density at radius 3 is 2.18 bits per heavy atom. The van der Waals surface area contributed by atoms with Crippen LogP contribution in [0.4, 0.5) is 0 Å². The Kier molecular flexibility index (Phi) is 7.59. The van der Waals surface area contributed by atoms with E-state index in [9.17, 15) is 18.0 Å². The maximum atomic E-state index is 13.4. The Morgan fingerprint density at radius 2 is 1.61 bits per heavy atom. The van der Waals surface area contributed by atoms with Crippen LogP contribution >= 0.6 is 0 Å². The second-order valence-electron chi connectivity index (χ2n) is 8.53. The second kappa shape index (κ2) is 10.1. The molecule has 0 aromatic heterocycles. The predicted molar refractivity (Wildman–Crippen MR) is 125 cm³/mol. The van der Waals surface area contributed by atoms with Gasteiger partial charge in [-0.25, -0.2) is 8.42 Å². The summed E-state index contributed by atoms with van der Waals surface area (Å²) in [4.78, 5) is 25.2. The lowest BCUT2D eigenvalue weighted by Gasteiger charge is -2.31. The number of carbonyl (C=O) groups is 2. The monoisotopic (exact) mass is 473 g/mol. The van der Waals surface area contributed by atoms with Crippen molar-refractivity contribution in [3.8, 4) is 5.75 Å². The summed E-state index contributed by atoms with van der Waals surface area (Å²) in [5.74, 6) is -0.670. The smallest absolute Gasteiger partial charge is 0.309 e. The molecule has 2 aromatic carbocycles. The summed E-state index contributed by atoms with van der Waals surface area (Å²) in [6.07, 6.45) is 0.711. The van der Waals surface area contributed by atoms with E-state index in [0.717, 1.165) is 22.3 Å². The van der Waals surface area contributed by atoms with Crippen molar-refractivity contribution >= 4 is 21.8 Å². The number of benzene rings is 2. The van der Waals surface area contributed by atoms with Gasteiger partial charge < -0.3 is 9.47 Å². The third kappa shape index (κ3) is 5.28. The molecule has 0 amide bonds. The predicted octanol–water partition coefficient (Wildman–Crippen LogP) is 3.76. The van der Waals surface area contributed by atoms with Crippen molar-refractivity contribution in [1.29, 1.82) is 0 Å². The summed E-state index contributed by atoms with van der Waals surface area (Å²) in [6, 6.07) is 8.66. The van der Waals surface area contributed by atoms with Crippen LogP contribution in [0.5, 0.6) is 5.75 Å². The molecule has 0 saturated carbocycles. The topological polar surface area (TPSA) is 90.0 Å². The molecule has 8 heteroatoms. The molecule has 1 saturated heterocycles. The van der Waals surface area contributed by atoms with Gasteiger partial charge in [0.15, 0.2) is 12.4 Å². The van der Waals surface area contributed by atoms with Crippen LogP contribution in [0.3, 0.4) is 0 Å². The van der Waals surface area contributed by atoms with E-state index in [-0.39, 0.29) is 25.5 Å². The van der Waals surface area contributed by atoms with Gasteiger partial charge in [0, 0.05) is 18.7 Å². The third-order valence-corrected chi connectivity index (χ3v) is 8.59. The van der Waals surface area contributed by atoms with Gasteiger partial charge in [-0.05, 0) is 74.9 Å². The van der Waals surface area contributed by atoms with E-state index in [1.165, 1.54) is 11.4 Å². The van der Waals surface area contributed by atoms with Crippen molar-refractivity contribution in [2.24, 2.45) is 5.92 Å². The maximum absolute atomic E-state index is 13.4. The average molecular weight is 474 g/mol. The van der Waals surface area contributed by atoms with E-state index < -0.39 is 21.9 Å². The number of hydrogen-bond donors (Lipinski definition) is 0. The molecule has 0 radical (unpaired) electrons. The van der Waals surface area contributed by atoms with Crippen LogP contribution in [0.1, 0.15) is 45.5 Å². The molecule has 0 bridgehead atoms. The van der Waals surface area contributed by atoms with Gasteiger partial charge in [0.05, 0.1) is 17.9 Å². The van der Waals surface area contributed by atoms with Crippen LogP contribution in [0.25, 0.3) is 0 Å². The zero-order valence-electron chi connectivity index (χ0n) is 19.8. The van der Waals surface area contributed by atoms with Crippen LogP contribution in [0.15, 0.2) is 35.2 Å². The van der Waals surface area contributed by atoms with E-state index in [1.807, 2.05) is 33.8 Å². The number of sulfonamides is 1. The van der Waals surface area contributed by atoms with E-state index >= 15 is 0 Å². The van der Waals surface area contributed by atoms with Crippen LogP contribution in [0, 0.1) is 33.6 Å². The molecule has 1 aliphatic rings. The van der Waals surface area contributed by atoms with E-state index in [4.69, 9.17) is 9.47 Å². The Balaban J connectivity index is 1.61. The minimum Gasteiger partial charge on any atom is -0.497 e. The molecule has 0 aliphatic carbocycles. The number of carbonyl (C=O) groups excluding carboxylic acids is 2. The summed E-state index contributed by atoms with van der Waals surface area (Å²) in [5.41, 5.74) is 3.81. The number of Topliss-reactive ketones (excluding diaryl/α,β-unsaturated/α-hetero) is 1. The quantitative estimate of drug-likeness (QED) is 0.449. The molecule has 3 rings (SSSR count). The molecule has 1 fully saturated rings. The minimum atomic E-state index is -3.67. The number of ether oxygens (including phenoxy) is 2. The Labute approximate surface area is 195 Å². The molecule has 1 aliphatic heterocycles. The van der Waals surface area contributed by atoms with Gasteiger partial charge in [0.2, 0.25) is 10.0 Å². The first-order chi connectivity index (χ1) is 15.6. The van der Waals surface area contributed by atoms with Gasteiger partial charge in [-0.2, -0.15) is 4.31 Å². The molecule has 0 spiro atoms. The summed E-state index contributed by atoms with van der Waals surface area (Å²) in [6.45, 7) is 7.60. The first-order valence-electron chi connectivity index (χ1n) is 11.0. The molecular weight excluding hydrogens is 442 g/mol. The molecule has 0 atom stereocenters. The Bertz CT molecular complexity index is 1140. The van der Waals surface area contributed by atoms with Crippen molar-refractivity contribution in [2.75, 3.05) is 26.8 Å². The van der Waals surface area contributed by atoms with Crippen LogP contribution in [-0.4, -0.2) is 51.3 Å². The van der Waals surface area contributed by atoms with Crippen molar-refractivity contribution in [3.05, 3.63) is 58.1 Å². The van der Waals surface area contributed by atoms with Gasteiger partial charge in [-0.3, -0.25) is 9.59 Å². The average Bonchev–Trinajstić information content (AvgIpc) is 2.81. The number of piperidine rings is 1. The van der Waals surface area contributed by atoms with Crippen molar-refractivity contribution in [2.45, 2.75) is 45.4 Å². The van der Waals surface area contributed by atoms with E-state index in [1.54, 1.807) is 24.3 Å². The van der Waals surface area contributed by atoms with Crippen LogP contribution in [-0.2, 0) is 19.6 Å². The SMILES string of the molecule is COc1cccc(C(=O)COC(=O)C2CCN(S(=O)(=O)c3c(C)c(C)cc(C)c3C)CC2)c1. The molecule has 1 heterocycles. The minimum absolute atomic E-state index is 0.234. The molecule has 0 N–H and O–H groups in total. The fourth-order valence-corrected chi connectivity index (χ4v) is 6.21. The zero-order valence-corrected chi connectivity index (χ0v) is 20.6. The molecule has 0 unspecified atom stereocenters. The first-order valence-corrected chi connectivity index (χ1v) is 12.4. The van der Waals surface area contributed by atoms with Gasteiger partial charge in [-0.1, -0.05) is 18.2 Å². The standard InChI is InChI=1S/C25H31NO6S/c1-16-13-17(2)19(4)24(18(16)3)33(29,30)26-11-9-20(10-12-26)25(28)32-15-23(27)21-7-6-8-22(14-21)31-5/h6-8,13-14,20H,9-12,15H2,1-5H3. The number of esters is 1. The van der Waals surface area contributed by atoms with E-state index in [2.05, 4.69) is 0 Å². The fourth-order valence-electron chi connectivity index (χ4n) is 4.16. The summed E-state index contributed by atoms with van der Waals surface area (Å²) in [5, 5.41) is 0. The third-order valence-electron chi connectivity index (χ3n) is 6.42. The highest BCUT2D eigenvalue weighted by Gasteiger charge is 2.35. The molecule has 33 heavy (non-hydrogen) atoms. The summed E-state index contributed by atoms with van der Waals surface area (Å²) >= 11 is 0. The Morgan fingerprint density at radius 1 is 1.00 bits per heavy atom. The first kappa shape index (κ1) is 24.9. The number of rotatable bonds is 7. The molecule has 178 valence electrons. The van der Waals surface area contributed by atoms with Gasteiger partial charge in [0.25, 0.3) is 0 Å². The van der Waals surface area contributed by atoms with Crippen LogP contribution in [0.2, 0.25) is 0 Å². The number of nitrogens with zero attached hydrogens (tertiary/aromatic N) is 1. The highest BCUT2D eigenvalue weighted by atomic mass is 32.2. The highest BCUT2D eigenvalue weighted by molar-refractivity contribution is 7.89. The van der Waals surface area contributed by atoms with Crippen molar-refractivity contribution < 1.29 is 27.5 Å². The lowest BCUT2D eigenvalue weighted by molar-refractivity contribution is -0.148. The summed E-state index contributed by atoms with van der Waals surface area (Å²) in [7, 11) is -2.16. The normalized spacial score (nSPS) is 15.3. The summed E-state index contributed by atoms with van der Waals surface area (Å²) < 4.78 is 38.6. The molecule has 7 nitrogen and oxygen atoms in total. The lowest BCUT2D eigenvalue weighted by atomic mass is 9.98. The van der Waals surface area contributed by atoms with Crippen molar-refractivity contribution in [1.82, 2.24) is 4.31 Å². The van der Waals surface area contributed by atoms with Crippen molar-refractivity contribution in [3.63, 3.8) is 0 Å². The number of hydrogen-bond acceptors (Lipinski definition) is 6. The van der Waals surface area contributed by atoms with Gasteiger partial charge in [-0.15, -0.1) is 0 Å². The zero-order chi connectivity index (χ0) is 24.3. The second-order valence-corrected chi connectivity index (χ2v) is 10.4. The maximum Gasteiger partial charge on any atom is 0.309 e.